The highest BCUT2D eigenvalue weighted by Crippen LogP contribution is 2.38. The molecule has 3 rings (SSSR count). The van der Waals surface area contributed by atoms with E-state index in [1.807, 2.05) is 12.1 Å². The second-order valence-corrected chi connectivity index (χ2v) is 7.45. The Bertz CT molecular complexity index is 912. The first kappa shape index (κ1) is 21.2. The highest BCUT2D eigenvalue weighted by molar-refractivity contribution is 6.30. The second-order valence-electron chi connectivity index (χ2n) is 7.01. The molecule has 0 aromatic heterocycles. The first-order valence-corrected chi connectivity index (χ1v) is 9.42. The third-order valence-electron chi connectivity index (χ3n) is 4.79. The average Bonchev–Trinajstić information content (AvgIpc) is 3.04. The summed E-state index contributed by atoms with van der Waals surface area (Å²) in [6, 6.07) is 10.1. The van der Waals surface area contributed by atoms with Crippen LogP contribution in [-0.2, 0) is 26.7 Å². The standard InChI is InChI=1S/C21H19ClF3NO3/c1-21(24,25)13-4-7-15(17(23)10-13)19-16(11-18(27)29-19)20(28)26-9-8-12-2-5-14(22)6-3-12/h2-7,10,16,19H,8-9,11H2,1H3,(H,26,28)/t16-,19?/m0/s1. The quantitative estimate of drug-likeness (QED) is 0.690. The molecule has 1 N–H and O–H groups in total. The highest BCUT2D eigenvalue weighted by atomic mass is 35.5. The molecular weight excluding hydrogens is 407 g/mol. The first-order valence-electron chi connectivity index (χ1n) is 9.04. The predicted octanol–water partition coefficient (Wildman–Crippen LogP) is 4.55. The van der Waals surface area contributed by atoms with E-state index in [0.717, 1.165) is 17.7 Å². The third kappa shape index (κ3) is 5.09. The van der Waals surface area contributed by atoms with Crippen molar-refractivity contribution in [1.29, 1.82) is 0 Å². The lowest BCUT2D eigenvalue weighted by Crippen LogP contribution is -2.34. The van der Waals surface area contributed by atoms with Gasteiger partial charge in [-0.25, -0.2) is 13.2 Å². The number of rotatable bonds is 6. The van der Waals surface area contributed by atoms with Crippen LogP contribution in [0.5, 0.6) is 0 Å². The molecule has 154 valence electrons. The molecule has 0 bridgehead atoms. The maximum atomic E-state index is 14.4. The summed E-state index contributed by atoms with van der Waals surface area (Å²) in [4.78, 5) is 24.3. The van der Waals surface area contributed by atoms with Gasteiger partial charge in [0.15, 0.2) is 0 Å². The van der Waals surface area contributed by atoms with Gasteiger partial charge in [-0.1, -0.05) is 35.9 Å². The van der Waals surface area contributed by atoms with Crippen LogP contribution in [0.2, 0.25) is 5.02 Å². The molecule has 4 nitrogen and oxygen atoms in total. The summed E-state index contributed by atoms with van der Waals surface area (Å²) >= 11 is 5.83. The van der Waals surface area contributed by atoms with E-state index >= 15 is 0 Å². The topological polar surface area (TPSA) is 55.4 Å². The normalized spacial score (nSPS) is 19.1. The van der Waals surface area contributed by atoms with Crippen LogP contribution in [-0.4, -0.2) is 18.4 Å². The van der Waals surface area contributed by atoms with Gasteiger partial charge < -0.3 is 10.1 Å². The number of alkyl halides is 2. The molecule has 1 heterocycles. The monoisotopic (exact) mass is 425 g/mol. The number of hydrogen-bond acceptors (Lipinski definition) is 3. The molecule has 1 fully saturated rings. The molecule has 8 heteroatoms. The summed E-state index contributed by atoms with van der Waals surface area (Å²) in [5.74, 6) is -6.18. The number of carbonyl (C=O) groups is 2. The zero-order valence-electron chi connectivity index (χ0n) is 15.6. The van der Waals surface area contributed by atoms with Crippen molar-refractivity contribution >= 4 is 23.5 Å². The van der Waals surface area contributed by atoms with Crippen LogP contribution in [0.4, 0.5) is 13.2 Å². The summed E-state index contributed by atoms with van der Waals surface area (Å²) in [5.41, 5.74) is 0.376. The summed E-state index contributed by atoms with van der Waals surface area (Å²) in [7, 11) is 0. The van der Waals surface area contributed by atoms with Gasteiger partial charge in [-0.2, -0.15) is 0 Å². The maximum Gasteiger partial charge on any atom is 0.307 e. The van der Waals surface area contributed by atoms with Crippen molar-refractivity contribution in [2.75, 3.05) is 6.54 Å². The van der Waals surface area contributed by atoms with Gasteiger partial charge in [-0.15, -0.1) is 0 Å². The molecular formula is C21H19ClF3NO3. The number of esters is 1. The number of halogens is 4. The van der Waals surface area contributed by atoms with Gasteiger partial charge in [0.1, 0.15) is 11.9 Å². The molecule has 1 saturated heterocycles. The number of carbonyl (C=O) groups excluding carboxylic acids is 2. The van der Waals surface area contributed by atoms with Crippen LogP contribution in [0.1, 0.15) is 36.1 Å². The van der Waals surface area contributed by atoms with E-state index in [0.29, 0.717) is 31.0 Å². The van der Waals surface area contributed by atoms with Gasteiger partial charge in [0.2, 0.25) is 5.91 Å². The summed E-state index contributed by atoms with van der Waals surface area (Å²) in [5, 5.41) is 3.32. The lowest BCUT2D eigenvalue weighted by atomic mass is 9.92. The minimum Gasteiger partial charge on any atom is -0.456 e. The van der Waals surface area contributed by atoms with E-state index in [4.69, 9.17) is 16.3 Å². The Morgan fingerprint density at radius 1 is 1.24 bits per heavy atom. The molecule has 1 aliphatic rings. The van der Waals surface area contributed by atoms with Crippen LogP contribution in [0, 0.1) is 11.7 Å². The first-order chi connectivity index (χ1) is 13.6. The van der Waals surface area contributed by atoms with E-state index in [1.54, 1.807) is 12.1 Å². The zero-order valence-corrected chi connectivity index (χ0v) is 16.3. The van der Waals surface area contributed by atoms with Gasteiger partial charge in [0.05, 0.1) is 12.3 Å². The Balaban J connectivity index is 1.68. The molecule has 0 radical (unpaired) electrons. The smallest absolute Gasteiger partial charge is 0.307 e. The summed E-state index contributed by atoms with van der Waals surface area (Å²) in [6.45, 7) is 0.968. The van der Waals surface area contributed by atoms with Crippen molar-refractivity contribution in [2.45, 2.75) is 31.8 Å². The number of ether oxygens (including phenoxy) is 1. The van der Waals surface area contributed by atoms with E-state index in [2.05, 4.69) is 5.32 Å². The number of nitrogens with one attached hydrogen (secondary N) is 1. The molecule has 0 spiro atoms. The number of benzene rings is 2. The third-order valence-corrected chi connectivity index (χ3v) is 5.04. The lowest BCUT2D eigenvalue weighted by molar-refractivity contribution is -0.142. The Morgan fingerprint density at radius 2 is 1.93 bits per heavy atom. The summed E-state index contributed by atoms with van der Waals surface area (Å²) < 4.78 is 46.3. The summed E-state index contributed by atoms with van der Waals surface area (Å²) in [6.07, 6.45) is -0.815. The molecule has 0 saturated carbocycles. The second kappa shape index (κ2) is 8.45. The zero-order chi connectivity index (χ0) is 21.2. The minimum absolute atomic E-state index is 0.0956. The lowest BCUT2D eigenvalue weighted by Gasteiger charge is -2.19. The Kier molecular flexibility index (Phi) is 6.17. The SMILES string of the molecule is CC(F)(F)c1ccc(C2OC(=O)C[C@@H]2C(=O)NCCc2ccc(Cl)cc2)c(F)c1. The number of amides is 1. The van der Waals surface area contributed by atoms with Crippen LogP contribution < -0.4 is 5.32 Å². The Hall–Kier alpha value is -2.54. The largest absolute Gasteiger partial charge is 0.456 e. The minimum atomic E-state index is -3.20. The fraction of sp³-hybridized carbons (Fsp3) is 0.333. The molecule has 1 aliphatic heterocycles. The molecule has 2 atom stereocenters. The van der Waals surface area contributed by atoms with Crippen LogP contribution in [0.15, 0.2) is 42.5 Å². The van der Waals surface area contributed by atoms with Crippen LogP contribution >= 0.6 is 11.6 Å². The molecule has 1 amide bonds. The number of cyclic esters (lactones) is 1. The Morgan fingerprint density at radius 3 is 2.55 bits per heavy atom. The molecule has 0 aliphatic carbocycles. The van der Waals surface area contributed by atoms with Crippen molar-refractivity contribution in [3.8, 4) is 0 Å². The van der Waals surface area contributed by atoms with Crippen LogP contribution in [0.3, 0.4) is 0 Å². The van der Waals surface area contributed by atoms with Crippen molar-refractivity contribution in [2.24, 2.45) is 5.92 Å². The van der Waals surface area contributed by atoms with E-state index in [1.165, 1.54) is 0 Å². The van der Waals surface area contributed by atoms with Crippen molar-refractivity contribution in [1.82, 2.24) is 5.32 Å². The van der Waals surface area contributed by atoms with Crippen molar-refractivity contribution in [3.05, 3.63) is 70.0 Å². The maximum absolute atomic E-state index is 14.4. The fourth-order valence-electron chi connectivity index (χ4n) is 3.21. The predicted molar refractivity (Wildman–Crippen MR) is 101 cm³/mol. The van der Waals surface area contributed by atoms with E-state index in [9.17, 15) is 22.8 Å². The van der Waals surface area contributed by atoms with Crippen molar-refractivity contribution < 1.29 is 27.5 Å². The van der Waals surface area contributed by atoms with E-state index < -0.39 is 41.2 Å². The molecule has 2 aromatic carbocycles. The average molecular weight is 426 g/mol. The van der Waals surface area contributed by atoms with Gasteiger partial charge in [0, 0.05) is 29.6 Å². The Labute approximate surface area is 171 Å². The van der Waals surface area contributed by atoms with Gasteiger partial charge in [-0.3, -0.25) is 9.59 Å². The number of hydrogen-bond donors (Lipinski definition) is 1. The van der Waals surface area contributed by atoms with Gasteiger partial charge in [-0.05, 0) is 30.2 Å². The van der Waals surface area contributed by atoms with Gasteiger partial charge in [0.25, 0.3) is 5.92 Å². The molecule has 1 unspecified atom stereocenters. The fourth-order valence-corrected chi connectivity index (χ4v) is 3.34. The van der Waals surface area contributed by atoms with E-state index in [-0.39, 0.29) is 12.0 Å². The van der Waals surface area contributed by atoms with Crippen LogP contribution in [0.25, 0.3) is 0 Å². The molecule has 2 aromatic rings. The molecule has 29 heavy (non-hydrogen) atoms. The highest BCUT2D eigenvalue weighted by Gasteiger charge is 2.42. The van der Waals surface area contributed by atoms with Crippen molar-refractivity contribution in [3.63, 3.8) is 0 Å². The van der Waals surface area contributed by atoms with Gasteiger partial charge >= 0.3 is 5.97 Å².